The van der Waals surface area contributed by atoms with Crippen molar-refractivity contribution in [1.82, 2.24) is 4.57 Å². The van der Waals surface area contributed by atoms with Crippen LogP contribution in [0.2, 0.25) is 0 Å². The summed E-state index contributed by atoms with van der Waals surface area (Å²) in [4.78, 5) is 10.9. The zero-order valence-corrected chi connectivity index (χ0v) is 10.1. The topological polar surface area (TPSA) is 22.0 Å². The van der Waals surface area contributed by atoms with Crippen molar-refractivity contribution in [3.05, 3.63) is 36.0 Å². The smallest absolute Gasteiger partial charge is 0.346 e. The Labute approximate surface area is 106 Å². The molecule has 0 atom stereocenters. The van der Waals surface area contributed by atoms with Crippen LogP contribution in [0.3, 0.4) is 0 Å². The van der Waals surface area contributed by atoms with Crippen molar-refractivity contribution in [2.75, 3.05) is 5.75 Å². The van der Waals surface area contributed by atoms with Crippen molar-refractivity contribution < 1.29 is 18.0 Å². The van der Waals surface area contributed by atoms with E-state index in [0.717, 1.165) is 11.7 Å². The lowest BCUT2D eigenvalue weighted by molar-refractivity contribution is -0.0328. The summed E-state index contributed by atoms with van der Waals surface area (Å²) in [5, 5.41) is 0.858. The number of aryl methyl sites for hydroxylation is 1. The van der Waals surface area contributed by atoms with Crippen LogP contribution in [0.1, 0.15) is 10.4 Å². The third-order valence-electron chi connectivity index (χ3n) is 2.54. The van der Waals surface area contributed by atoms with E-state index < -0.39 is 5.51 Å². The molecule has 0 amide bonds. The molecule has 0 radical (unpaired) electrons. The van der Waals surface area contributed by atoms with Gasteiger partial charge in [0, 0.05) is 29.4 Å². The highest BCUT2D eigenvalue weighted by atomic mass is 32.2. The zero-order valence-electron chi connectivity index (χ0n) is 9.28. The first-order valence-corrected chi connectivity index (χ1v) is 6.23. The highest BCUT2D eigenvalue weighted by Crippen LogP contribution is 2.30. The largest absolute Gasteiger partial charge is 0.441 e. The average Bonchev–Trinajstić information content (AvgIpc) is 2.71. The van der Waals surface area contributed by atoms with Crippen LogP contribution in [-0.2, 0) is 6.54 Å². The SMILES string of the molecule is O=Cc1cccc2ccn(CCSC(F)(F)F)c12. The summed E-state index contributed by atoms with van der Waals surface area (Å²) in [7, 11) is 0. The minimum absolute atomic E-state index is 0.0553. The molecule has 0 bridgehead atoms. The number of rotatable bonds is 4. The van der Waals surface area contributed by atoms with E-state index in [1.54, 1.807) is 29.0 Å². The minimum atomic E-state index is -4.21. The Kier molecular flexibility index (Phi) is 3.65. The van der Waals surface area contributed by atoms with E-state index in [9.17, 15) is 18.0 Å². The van der Waals surface area contributed by atoms with Crippen molar-refractivity contribution >= 4 is 29.0 Å². The number of benzene rings is 1. The van der Waals surface area contributed by atoms with Gasteiger partial charge in [-0.15, -0.1) is 0 Å². The van der Waals surface area contributed by atoms with Crippen molar-refractivity contribution in [1.29, 1.82) is 0 Å². The molecule has 0 spiro atoms. The Morgan fingerprint density at radius 3 is 2.72 bits per heavy atom. The number of aldehydes is 1. The Bertz CT molecular complexity index is 562. The fourth-order valence-corrected chi connectivity index (χ4v) is 2.35. The van der Waals surface area contributed by atoms with Gasteiger partial charge < -0.3 is 4.57 Å². The molecule has 0 fully saturated rings. The van der Waals surface area contributed by atoms with Gasteiger partial charge in [-0.2, -0.15) is 13.2 Å². The fraction of sp³-hybridized carbons (Fsp3) is 0.250. The normalized spacial score (nSPS) is 11.9. The molecule has 0 saturated heterocycles. The van der Waals surface area contributed by atoms with E-state index in [0.29, 0.717) is 11.1 Å². The minimum Gasteiger partial charge on any atom is -0.346 e. The molecular weight excluding hydrogens is 263 g/mol. The number of halogens is 3. The van der Waals surface area contributed by atoms with Crippen LogP contribution >= 0.6 is 11.8 Å². The van der Waals surface area contributed by atoms with Gasteiger partial charge >= 0.3 is 5.51 Å². The summed E-state index contributed by atoms with van der Waals surface area (Å²) in [5.41, 5.74) is -3.03. The van der Waals surface area contributed by atoms with Gasteiger partial charge in [-0.25, -0.2) is 0 Å². The Morgan fingerprint density at radius 1 is 1.28 bits per heavy atom. The van der Waals surface area contributed by atoms with Crippen molar-refractivity contribution in [2.24, 2.45) is 0 Å². The number of aromatic nitrogens is 1. The zero-order chi connectivity index (χ0) is 13.2. The summed E-state index contributed by atoms with van der Waals surface area (Å²) in [6, 6.07) is 7.03. The summed E-state index contributed by atoms with van der Waals surface area (Å²) in [6.07, 6.45) is 2.42. The first-order valence-electron chi connectivity index (χ1n) is 5.25. The maximum Gasteiger partial charge on any atom is 0.441 e. The molecule has 0 aliphatic rings. The van der Waals surface area contributed by atoms with Crippen LogP contribution in [0.4, 0.5) is 13.2 Å². The molecule has 2 nitrogen and oxygen atoms in total. The number of thioether (sulfide) groups is 1. The van der Waals surface area contributed by atoms with Crippen molar-refractivity contribution in [3.8, 4) is 0 Å². The molecule has 0 unspecified atom stereocenters. The average molecular weight is 273 g/mol. The Morgan fingerprint density at radius 2 is 2.06 bits per heavy atom. The number of alkyl halides is 3. The third kappa shape index (κ3) is 2.87. The molecule has 96 valence electrons. The van der Waals surface area contributed by atoms with Crippen LogP contribution in [0.15, 0.2) is 30.5 Å². The van der Waals surface area contributed by atoms with Gasteiger partial charge in [-0.3, -0.25) is 4.79 Å². The van der Waals surface area contributed by atoms with Crippen LogP contribution in [0.5, 0.6) is 0 Å². The summed E-state index contributed by atoms with van der Waals surface area (Å²) >= 11 is -0.0553. The molecule has 18 heavy (non-hydrogen) atoms. The van der Waals surface area contributed by atoms with E-state index in [-0.39, 0.29) is 24.1 Å². The maximum absolute atomic E-state index is 12.0. The van der Waals surface area contributed by atoms with E-state index >= 15 is 0 Å². The first kappa shape index (κ1) is 13.0. The van der Waals surface area contributed by atoms with Gasteiger partial charge in [0.2, 0.25) is 0 Å². The predicted octanol–water partition coefficient (Wildman–Crippen LogP) is 3.71. The number of carbonyl (C=O) groups excluding carboxylic acids is 1. The molecule has 1 aromatic heterocycles. The molecule has 2 rings (SSSR count). The van der Waals surface area contributed by atoms with E-state index in [2.05, 4.69) is 0 Å². The Hall–Kier alpha value is -1.43. The molecular formula is C12H10F3NOS. The summed E-state index contributed by atoms with van der Waals surface area (Å²) in [5.74, 6) is -0.0690. The highest BCUT2D eigenvalue weighted by molar-refractivity contribution is 8.00. The lowest BCUT2D eigenvalue weighted by atomic mass is 10.1. The third-order valence-corrected chi connectivity index (χ3v) is 3.26. The van der Waals surface area contributed by atoms with Gasteiger partial charge in [-0.05, 0) is 23.9 Å². The molecule has 0 N–H and O–H groups in total. The number of para-hydroxylation sites is 1. The molecule has 0 aliphatic heterocycles. The van der Waals surface area contributed by atoms with Gasteiger partial charge in [0.1, 0.15) is 0 Å². The van der Waals surface area contributed by atoms with Gasteiger partial charge in [0.05, 0.1) is 5.52 Å². The molecule has 1 aromatic carbocycles. The quantitative estimate of drug-likeness (QED) is 0.792. The van der Waals surface area contributed by atoms with Gasteiger partial charge in [-0.1, -0.05) is 12.1 Å². The standard InChI is InChI=1S/C12H10F3NOS/c13-12(14,15)18-7-6-16-5-4-9-2-1-3-10(8-17)11(9)16/h1-5,8H,6-7H2. The second kappa shape index (κ2) is 5.06. The number of carbonyl (C=O) groups is 1. The number of fused-ring (bicyclic) bond motifs is 1. The Balaban J connectivity index is 2.21. The lowest BCUT2D eigenvalue weighted by Gasteiger charge is -2.08. The molecule has 2 aromatic rings. The second-order valence-corrected chi connectivity index (χ2v) is 4.87. The van der Waals surface area contributed by atoms with E-state index in [1.165, 1.54) is 0 Å². The molecule has 6 heteroatoms. The van der Waals surface area contributed by atoms with Crippen LogP contribution in [0, 0.1) is 0 Å². The van der Waals surface area contributed by atoms with Crippen LogP contribution < -0.4 is 0 Å². The van der Waals surface area contributed by atoms with Gasteiger partial charge in [0.15, 0.2) is 6.29 Å². The highest BCUT2D eigenvalue weighted by Gasteiger charge is 2.27. The fourth-order valence-electron chi connectivity index (χ4n) is 1.83. The monoisotopic (exact) mass is 273 g/mol. The first-order chi connectivity index (χ1) is 8.51. The van der Waals surface area contributed by atoms with E-state index in [4.69, 9.17) is 0 Å². The molecule has 0 aliphatic carbocycles. The van der Waals surface area contributed by atoms with Gasteiger partial charge in [0.25, 0.3) is 0 Å². The lowest BCUT2D eigenvalue weighted by Crippen LogP contribution is -2.06. The van der Waals surface area contributed by atoms with Crippen LogP contribution in [0.25, 0.3) is 10.9 Å². The van der Waals surface area contributed by atoms with Crippen molar-refractivity contribution in [2.45, 2.75) is 12.1 Å². The van der Waals surface area contributed by atoms with Crippen molar-refractivity contribution in [3.63, 3.8) is 0 Å². The van der Waals surface area contributed by atoms with Crippen LogP contribution in [-0.4, -0.2) is 22.1 Å². The molecule has 0 saturated carbocycles. The summed E-state index contributed by atoms with van der Waals surface area (Å²) < 4.78 is 37.8. The second-order valence-electron chi connectivity index (χ2n) is 3.71. The molecule has 1 heterocycles. The number of hydrogen-bond acceptors (Lipinski definition) is 2. The summed E-state index contributed by atoms with van der Waals surface area (Å²) in [6.45, 7) is 0.221. The van der Waals surface area contributed by atoms with E-state index in [1.807, 2.05) is 6.07 Å². The predicted molar refractivity (Wildman–Crippen MR) is 65.8 cm³/mol. The number of nitrogens with zero attached hydrogens (tertiary/aromatic N) is 1. The maximum atomic E-state index is 12.0. The number of hydrogen-bond donors (Lipinski definition) is 0.